The van der Waals surface area contributed by atoms with Crippen molar-refractivity contribution in [3.63, 3.8) is 0 Å². The zero-order valence-corrected chi connectivity index (χ0v) is 11.1. The van der Waals surface area contributed by atoms with E-state index in [1.165, 1.54) is 6.33 Å². The van der Waals surface area contributed by atoms with Gasteiger partial charge in [-0.05, 0) is 25.5 Å². The number of benzene rings is 1. The van der Waals surface area contributed by atoms with Gasteiger partial charge in [0.15, 0.2) is 0 Å². The predicted octanol–water partition coefficient (Wildman–Crippen LogP) is 2.32. The van der Waals surface area contributed by atoms with Gasteiger partial charge in [0.1, 0.15) is 18.7 Å². The summed E-state index contributed by atoms with van der Waals surface area (Å²) in [5.41, 5.74) is 0.825. The van der Waals surface area contributed by atoms with Gasteiger partial charge in [-0.15, -0.1) is 0 Å². The largest absolute Gasteiger partial charge is 0.480 e. The Morgan fingerprint density at radius 2 is 2.11 bits per heavy atom. The van der Waals surface area contributed by atoms with Crippen molar-refractivity contribution >= 4 is 22.7 Å². The topological polar surface area (TPSA) is 66.3 Å². The molecule has 0 radical (unpaired) electrons. The molecule has 1 unspecified atom stereocenters. The summed E-state index contributed by atoms with van der Waals surface area (Å²) in [7, 11) is 0. The summed E-state index contributed by atoms with van der Waals surface area (Å²) < 4.78 is 0. The van der Waals surface area contributed by atoms with Crippen LogP contribution in [-0.4, -0.2) is 33.6 Å². The molecule has 0 spiro atoms. The Morgan fingerprint density at radius 3 is 2.79 bits per heavy atom. The van der Waals surface area contributed by atoms with E-state index in [2.05, 4.69) is 9.97 Å². The fourth-order valence-electron chi connectivity index (χ4n) is 2.03. The lowest BCUT2D eigenvalue weighted by molar-refractivity contribution is -0.135. The molecule has 19 heavy (non-hydrogen) atoms. The first-order valence-corrected chi connectivity index (χ1v) is 6.31. The van der Waals surface area contributed by atoms with Gasteiger partial charge >= 0.3 is 5.97 Å². The molecule has 5 nitrogen and oxygen atoms in total. The van der Waals surface area contributed by atoms with Crippen molar-refractivity contribution in [3.8, 4) is 0 Å². The number of carboxylic acid groups (broad SMARTS) is 1. The van der Waals surface area contributed by atoms with Crippen molar-refractivity contribution in [3.05, 3.63) is 30.6 Å². The molecule has 0 aliphatic carbocycles. The van der Waals surface area contributed by atoms with Crippen LogP contribution in [0.2, 0.25) is 0 Å². The first-order chi connectivity index (χ1) is 9.13. The van der Waals surface area contributed by atoms with Gasteiger partial charge < -0.3 is 10.0 Å². The van der Waals surface area contributed by atoms with Crippen molar-refractivity contribution in [2.24, 2.45) is 0 Å². The average Bonchev–Trinajstić information content (AvgIpc) is 2.43. The zero-order valence-electron chi connectivity index (χ0n) is 11.1. The maximum absolute atomic E-state index is 11.1. The number of nitrogens with zero attached hydrogens (tertiary/aromatic N) is 3. The molecule has 0 aliphatic rings. The fraction of sp³-hybridized carbons (Fsp3) is 0.357. The van der Waals surface area contributed by atoms with E-state index >= 15 is 0 Å². The molecular formula is C14H17N3O2. The van der Waals surface area contributed by atoms with Crippen LogP contribution in [0, 0.1) is 0 Å². The van der Waals surface area contributed by atoms with Crippen molar-refractivity contribution in [2.45, 2.75) is 26.3 Å². The normalized spacial score (nSPS) is 12.3. The van der Waals surface area contributed by atoms with Gasteiger partial charge in [0, 0.05) is 11.4 Å². The lowest BCUT2D eigenvalue weighted by Crippen LogP contribution is -2.37. The second-order valence-electron chi connectivity index (χ2n) is 4.49. The maximum Gasteiger partial charge on any atom is 0.323 e. The van der Waals surface area contributed by atoms with Gasteiger partial charge in [0.25, 0.3) is 0 Å². The maximum atomic E-state index is 11.1. The molecule has 0 saturated heterocycles. The van der Waals surface area contributed by atoms with Crippen LogP contribution < -0.4 is 4.90 Å². The molecule has 1 aromatic carbocycles. The Hall–Kier alpha value is -2.17. The molecule has 100 valence electrons. The number of anilines is 1. The van der Waals surface area contributed by atoms with Crippen molar-refractivity contribution in [1.29, 1.82) is 0 Å². The zero-order chi connectivity index (χ0) is 13.8. The van der Waals surface area contributed by atoms with Crippen LogP contribution >= 0.6 is 0 Å². The molecular weight excluding hydrogens is 242 g/mol. The first kappa shape index (κ1) is 13.3. The summed E-state index contributed by atoms with van der Waals surface area (Å²) in [6, 6.07) is 7.74. The summed E-state index contributed by atoms with van der Waals surface area (Å²) in [5, 5.41) is 9.96. The van der Waals surface area contributed by atoms with E-state index in [0.717, 1.165) is 17.3 Å². The number of aliphatic carboxylic acids is 1. The third-order valence-corrected chi connectivity index (χ3v) is 3.22. The number of hydrogen-bond donors (Lipinski definition) is 1. The smallest absolute Gasteiger partial charge is 0.323 e. The van der Waals surface area contributed by atoms with E-state index in [1.54, 1.807) is 0 Å². The summed E-state index contributed by atoms with van der Waals surface area (Å²) in [4.78, 5) is 21.4. The molecule has 1 N–H and O–H groups in total. The van der Waals surface area contributed by atoms with Gasteiger partial charge in [-0.1, -0.05) is 19.1 Å². The average molecular weight is 259 g/mol. The highest BCUT2D eigenvalue weighted by atomic mass is 16.4. The van der Waals surface area contributed by atoms with Crippen LogP contribution in [0.1, 0.15) is 20.3 Å². The summed E-state index contributed by atoms with van der Waals surface area (Å²) in [6.45, 7) is 3.97. The van der Waals surface area contributed by atoms with Crippen LogP contribution in [0.25, 0.3) is 10.9 Å². The van der Waals surface area contributed by atoms with Crippen LogP contribution in [0.3, 0.4) is 0 Å². The number of carboxylic acids is 1. The van der Waals surface area contributed by atoms with Gasteiger partial charge in [0.2, 0.25) is 0 Å². The van der Waals surface area contributed by atoms with Gasteiger partial charge in [-0.25, -0.2) is 9.97 Å². The highest BCUT2D eigenvalue weighted by Crippen LogP contribution is 2.24. The van der Waals surface area contributed by atoms with Crippen LogP contribution in [-0.2, 0) is 4.79 Å². The monoisotopic (exact) mass is 259 g/mol. The van der Waals surface area contributed by atoms with Crippen LogP contribution in [0.15, 0.2) is 30.6 Å². The number of hydrogen-bond acceptors (Lipinski definition) is 4. The lowest BCUT2D eigenvalue weighted by atomic mass is 10.1. The molecule has 1 heterocycles. The molecule has 2 aromatic rings. The van der Waals surface area contributed by atoms with Crippen molar-refractivity contribution < 1.29 is 9.90 Å². The van der Waals surface area contributed by atoms with Gasteiger partial charge in [-0.3, -0.25) is 4.79 Å². The molecule has 1 atom stereocenters. The minimum Gasteiger partial charge on any atom is -0.480 e. The quantitative estimate of drug-likeness (QED) is 0.892. The summed E-state index contributed by atoms with van der Waals surface area (Å²) in [6.07, 6.45) is 2.33. The standard InChI is InChI=1S/C14H17N3O2/c1-3-10(2)17(8-13(18)19)14-11-6-4-5-7-12(11)15-9-16-14/h4-7,9-10H,3,8H2,1-2H3,(H,18,19). The molecule has 0 bridgehead atoms. The number of aromatic nitrogens is 2. The van der Waals surface area contributed by atoms with Gasteiger partial charge in [0.05, 0.1) is 5.52 Å². The minimum absolute atomic E-state index is 0.0595. The third-order valence-electron chi connectivity index (χ3n) is 3.22. The molecule has 0 amide bonds. The van der Waals surface area contributed by atoms with E-state index < -0.39 is 5.97 Å². The number of rotatable bonds is 5. The first-order valence-electron chi connectivity index (χ1n) is 6.31. The predicted molar refractivity (Wildman–Crippen MR) is 74.3 cm³/mol. The molecule has 0 aliphatic heterocycles. The van der Waals surface area contributed by atoms with Crippen molar-refractivity contribution in [2.75, 3.05) is 11.4 Å². The molecule has 2 rings (SSSR count). The highest BCUT2D eigenvalue weighted by Gasteiger charge is 2.19. The molecule has 5 heteroatoms. The molecule has 0 saturated carbocycles. The van der Waals surface area contributed by atoms with E-state index in [1.807, 2.05) is 43.0 Å². The third kappa shape index (κ3) is 2.81. The highest BCUT2D eigenvalue weighted by molar-refractivity contribution is 5.90. The van der Waals surface area contributed by atoms with Crippen molar-refractivity contribution in [1.82, 2.24) is 9.97 Å². The Kier molecular flexibility index (Phi) is 3.94. The summed E-state index contributed by atoms with van der Waals surface area (Å²) >= 11 is 0. The second kappa shape index (κ2) is 5.65. The Balaban J connectivity index is 2.52. The fourth-order valence-corrected chi connectivity index (χ4v) is 2.03. The Morgan fingerprint density at radius 1 is 1.37 bits per heavy atom. The van der Waals surface area contributed by atoms with E-state index in [4.69, 9.17) is 5.11 Å². The SMILES string of the molecule is CCC(C)N(CC(=O)O)c1ncnc2ccccc12. The molecule has 0 fully saturated rings. The number of para-hydroxylation sites is 1. The minimum atomic E-state index is -0.858. The second-order valence-corrected chi connectivity index (χ2v) is 4.49. The van der Waals surface area contributed by atoms with Crippen LogP contribution in [0.5, 0.6) is 0 Å². The summed E-state index contributed by atoms with van der Waals surface area (Å²) in [5.74, 6) is -0.176. The van der Waals surface area contributed by atoms with Crippen LogP contribution in [0.4, 0.5) is 5.82 Å². The van der Waals surface area contributed by atoms with E-state index in [0.29, 0.717) is 5.82 Å². The lowest BCUT2D eigenvalue weighted by Gasteiger charge is -2.28. The Labute approximate surface area is 111 Å². The Bertz CT molecular complexity index is 580. The number of carbonyl (C=O) groups is 1. The molecule has 1 aromatic heterocycles. The van der Waals surface area contributed by atoms with Gasteiger partial charge in [-0.2, -0.15) is 0 Å². The van der Waals surface area contributed by atoms with E-state index in [-0.39, 0.29) is 12.6 Å². The van der Waals surface area contributed by atoms with E-state index in [9.17, 15) is 4.79 Å². The number of fused-ring (bicyclic) bond motifs is 1.